The summed E-state index contributed by atoms with van der Waals surface area (Å²) >= 11 is 0. The Bertz CT molecular complexity index is 1170. The lowest BCUT2D eigenvalue weighted by Gasteiger charge is -2.27. The number of anilines is 2. The van der Waals surface area contributed by atoms with Crippen molar-refractivity contribution in [1.29, 1.82) is 5.26 Å². The van der Waals surface area contributed by atoms with Crippen molar-refractivity contribution in [2.45, 2.75) is 64.5 Å². The predicted molar refractivity (Wildman–Crippen MR) is 118 cm³/mol. The fraction of sp³-hybridized carbons (Fsp3) is 0.440. The molecule has 2 heterocycles. The molecule has 0 saturated heterocycles. The lowest BCUT2D eigenvalue weighted by Crippen LogP contribution is -2.31. The third kappa shape index (κ3) is 3.35. The Hall–Kier alpha value is -3.27. The van der Waals surface area contributed by atoms with Crippen molar-refractivity contribution < 1.29 is 18.7 Å². The molecule has 2 atom stereocenters. The molecule has 1 fully saturated rings. The molecule has 2 aliphatic heterocycles. The Kier molecular flexibility index (Phi) is 4.26. The molecule has 166 valence electrons. The molecule has 7 heteroatoms. The van der Waals surface area contributed by atoms with Crippen LogP contribution in [0, 0.1) is 16.7 Å². The highest BCUT2D eigenvalue weighted by Gasteiger charge is 2.52. The fourth-order valence-corrected chi connectivity index (χ4v) is 4.52. The Morgan fingerprint density at radius 1 is 1.22 bits per heavy atom. The number of fused-ring (bicyclic) bond motifs is 2. The largest absolute Gasteiger partial charge is 0.423 e. The van der Waals surface area contributed by atoms with E-state index in [1.807, 2.05) is 12.1 Å². The number of ether oxygens (including phenoxy) is 2. The highest BCUT2D eigenvalue weighted by molar-refractivity contribution is 6.02. The van der Waals surface area contributed by atoms with Gasteiger partial charge in [-0.1, -0.05) is 26.8 Å². The molecule has 3 aliphatic rings. The van der Waals surface area contributed by atoms with E-state index in [1.54, 1.807) is 18.2 Å². The quantitative estimate of drug-likeness (QED) is 0.707. The van der Waals surface area contributed by atoms with E-state index in [-0.39, 0.29) is 17.4 Å². The molecule has 0 spiro atoms. The minimum atomic E-state index is -2.20. The number of hydrogen-bond acceptors (Lipinski definition) is 5. The summed E-state index contributed by atoms with van der Waals surface area (Å²) in [4.78, 5) is 13.3. The normalized spacial score (nSPS) is 24.3. The summed E-state index contributed by atoms with van der Waals surface area (Å²) in [5.74, 6) is 0.441. The summed E-state index contributed by atoms with van der Waals surface area (Å²) in [6.45, 7) is 7.73. The minimum absolute atomic E-state index is 0.0718. The first kappa shape index (κ1) is 20.6. The average molecular weight is 435 g/mol. The van der Waals surface area contributed by atoms with Gasteiger partial charge in [0.25, 0.3) is 0 Å². The summed E-state index contributed by atoms with van der Waals surface area (Å²) in [5.41, 5.74) is 3.10. The number of nitrogens with zero attached hydrogens (tertiary/aromatic N) is 1. The van der Waals surface area contributed by atoms with Gasteiger partial charge in [-0.05, 0) is 60.1 Å². The molecule has 0 bridgehead atoms. The van der Waals surface area contributed by atoms with Crippen molar-refractivity contribution in [3.8, 4) is 17.6 Å². The molecule has 2 aromatic carbocycles. The van der Waals surface area contributed by atoms with Gasteiger partial charge in [0.2, 0.25) is 5.91 Å². The van der Waals surface area contributed by atoms with E-state index in [1.165, 1.54) is 6.92 Å². The monoisotopic (exact) mass is 435 g/mol. The van der Waals surface area contributed by atoms with Crippen LogP contribution in [0.1, 0.15) is 57.2 Å². The number of benzene rings is 2. The van der Waals surface area contributed by atoms with Crippen LogP contribution in [0.5, 0.6) is 11.5 Å². The van der Waals surface area contributed by atoms with Crippen LogP contribution in [0.25, 0.3) is 0 Å². The third-order valence-electron chi connectivity index (χ3n) is 6.68. The second-order valence-corrected chi connectivity index (χ2v) is 10.2. The van der Waals surface area contributed by atoms with Gasteiger partial charge in [0.05, 0.1) is 16.7 Å². The number of rotatable bonds is 3. The highest BCUT2D eigenvalue weighted by atomic mass is 19.2. The van der Waals surface area contributed by atoms with Gasteiger partial charge < -0.3 is 20.1 Å². The zero-order valence-electron chi connectivity index (χ0n) is 18.6. The smallest absolute Gasteiger partial charge is 0.404 e. The van der Waals surface area contributed by atoms with Gasteiger partial charge in [0, 0.05) is 18.7 Å². The Morgan fingerprint density at radius 3 is 2.59 bits per heavy atom. The third-order valence-corrected chi connectivity index (χ3v) is 6.68. The van der Waals surface area contributed by atoms with Crippen LogP contribution in [-0.2, 0) is 16.6 Å². The number of amides is 1. The highest BCUT2D eigenvalue weighted by Crippen LogP contribution is 2.52. The first-order valence-corrected chi connectivity index (χ1v) is 10.9. The maximum absolute atomic E-state index is 14.0. The van der Waals surface area contributed by atoms with Crippen LogP contribution in [0.2, 0.25) is 0 Å². The molecule has 0 aromatic heterocycles. The van der Waals surface area contributed by atoms with Gasteiger partial charge in [0.1, 0.15) is 6.07 Å². The number of carbonyl (C=O) groups excluding carboxylic acids is 1. The Balaban J connectivity index is 1.40. The molecule has 0 radical (unpaired) electrons. The molecular formula is C25H26FN3O3. The number of alkyl halides is 1. The molecule has 5 rings (SSSR count). The number of hydrogen-bond donors (Lipinski definition) is 2. The van der Waals surface area contributed by atoms with Crippen LogP contribution in [-0.4, -0.2) is 18.0 Å². The van der Waals surface area contributed by atoms with Gasteiger partial charge in [0.15, 0.2) is 11.5 Å². The van der Waals surface area contributed by atoms with Crippen LogP contribution < -0.4 is 20.1 Å². The summed E-state index contributed by atoms with van der Waals surface area (Å²) in [6, 6.07) is 9.09. The molecule has 1 aliphatic carbocycles. The lowest BCUT2D eigenvalue weighted by molar-refractivity contribution is -0.173. The Labute approximate surface area is 186 Å². The number of nitriles is 1. The summed E-state index contributed by atoms with van der Waals surface area (Å²) in [7, 11) is 0. The first-order valence-electron chi connectivity index (χ1n) is 10.9. The average Bonchev–Trinajstić information content (AvgIpc) is 3.31. The zero-order chi connectivity index (χ0) is 22.9. The minimum Gasteiger partial charge on any atom is -0.423 e. The van der Waals surface area contributed by atoms with Crippen molar-refractivity contribution in [1.82, 2.24) is 0 Å². The van der Waals surface area contributed by atoms with Crippen molar-refractivity contribution in [2.24, 2.45) is 5.41 Å². The second-order valence-electron chi connectivity index (χ2n) is 10.2. The van der Waals surface area contributed by atoms with E-state index in [9.17, 15) is 14.4 Å². The van der Waals surface area contributed by atoms with E-state index in [4.69, 9.17) is 9.47 Å². The number of carbonyl (C=O) groups is 1. The van der Waals surface area contributed by atoms with Crippen LogP contribution in [0.15, 0.2) is 30.3 Å². The topological polar surface area (TPSA) is 83.4 Å². The van der Waals surface area contributed by atoms with Crippen molar-refractivity contribution >= 4 is 17.3 Å². The molecule has 2 N–H and O–H groups in total. The molecule has 1 amide bonds. The lowest BCUT2D eigenvalue weighted by atomic mass is 9.85. The van der Waals surface area contributed by atoms with E-state index in [2.05, 4.69) is 37.5 Å². The number of nitrogens with one attached hydrogen (secondary N) is 2. The van der Waals surface area contributed by atoms with Crippen molar-refractivity contribution in [2.75, 3.05) is 10.6 Å². The van der Waals surface area contributed by atoms with E-state index < -0.39 is 11.5 Å². The zero-order valence-corrected chi connectivity index (χ0v) is 18.6. The van der Waals surface area contributed by atoms with Gasteiger partial charge in [-0.25, -0.2) is 0 Å². The van der Waals surface area contributed by atoms with E-state index >= 15 is 0 Å². The SMILES string of the molecule is CC1(F)Oc2ccc(C3(C(=O)Nc4cc5c(cc4C#N)NC(C(C)(C)C)C5)CC3)cc2O1. The fourth-order valence-electron chi connectivity index (χ4n) is 4.52. The van der Waals surface area contributed by atoms with Crippen LogP contribution in [0.3, 0.4) is 0 Å². The van der Waals surface area contributed by atoms with Crippen molar-refractivity contribution in [3.63, 3.8) is 0 Å². The van der Waals surface area contributed by atoms with Gasteiger partial charge in [-0.2, -0.15) is 9.65 Å². The maximum atomic E-state index is 14.0. The molecular weight excluding hydrogens is 409 g/mol. The number of halogens is 1. The molecule has 32 heavy (non-hydrogen) atoms. The Morgan fingerprint density at radius 2 is 1.94 bits per heavy atom. The second kappa shape index (κ2) is 6.61. The molecule has 1 saturated carbocycles. The predicted octanol–water partition coefficient (Wildman–Crippen LogP) is 5.03. The standard InChI is InChI=1S/C25H26FN3O3/c1-23(2,3)21-11-14-9-18(15(13-27)10-17(14)28-21)29-22(30)25(7-8-25)16-5-6-19-20(12-16)32-24(4,26)31-19/h5-6,9-10,12,21,28H,7-8,11H2,1-4H3,(H,29,30). The summed E-state index contributed by atoms with van der Waals surface area (Å²) in [5, 5.41) is 16.2. The first-order chi connectivity index (χ1) is 15.0. The van der Waals surface area contributed by atoms with Crippen LogP contribution in [0.4, 0.5) is 15.8 Å². The maximum Gasteiger partial charge on any atom is 0.404 e. The molecule has 2 aromatic rings. The summed E-state index contributed by atoms with van der Waals surface area (Å²) < 4.78 is 24.3. The van der Waals surface area contributed by atoms with Gasteiger partial charge >= 0.3 is 6.04 Å². The summed E-state index contributed by atoms with van der Waals surface area (Å²) in [6.07, 6.45) is 2.18. The molecule has 2 unspecified atom stereocenters. The van der Waals surface area contributed by atoms with Crippen LogP contribution >= 0.6 is 0 Å². The van der Waals surface area contributed by atoms with Gasteiger partial charge in [-0.3, -0.25) is 4.79 Å². The van der Waals surface area contributed by atoms with E-state index in [0.717, 1.165) is 23.2 Å². The molecule has 6 nitrogen and oxygen atoms in total. The van der Waals surface area contributed by atoms with Gasteiger partial charge in [-0.15, -0.1) is 0 Å². The van der Waals surface area contributed by atoms with Crippen molar-refractivity contribution in [3.05, 3.63) is 47.0 Å². The van der Waals surface area contributed by atoms with E-state index in [0.29, 0.717) is 35.6 Å².